The molecule has 7 unspecified atom stereocenters. The molecule has 1 amide bonds. The Bertz CT molecular complexity index is 1560. The van der Waals surface area contributed by atoms with E-state index in [-0.39, 0.29) is 12.5 Å². The van der Waals surface area contributed by atoms with Crippen LogP contribution in [0, 0.1) is 0 Å². The van der Waals surface area contributed by atoms with Gasteiger partial charge in [0.1, 0.15) is 24.4 Å². The lowest BCUT2D eigenvalue weighted by Crippen LogP contribution is -2.60. The predicted molar refractivity (Wildman–Crippen MR) is 336 cm³/mol. The van der Waals surface area contributed by atoms with Gasteiger partial charge in [-0.05, 0) is 89.9 Å². The van der Waals surface area contributed by atoms with Gasteiger partial charge in [-0.3, -0.25) is 4.79 Å². The van der Waals surface area contributed by atoms with E-state index in [4.69, 9.17) is 9.47 Å². The van der Waals surface area contributed by atoms with Crippen molar-refractivity contribution in [2.45, 2.75) is 326 Å². The molecule has 0 aromatic carbocycles. The zero-order valence-corrected chi connectivity index (χ0v) is 50.9. The SMILES string of the molecule is CC/C=C\C/C=C\C/C=C\C/C=C\C/C=C\CCCCCCCCCCCCCCCC(=O)NC(COC1OC(CO)C(O)C(O)C1O)C(O)/C=C/CC/C=C/CC/C=C/CCCCCCCCCCCCCCCCCCC. The number of rotatable bonds is 56. The number of amides is 1. The molecule has 1 aliphatic rings. The summed E-state index contributed by atoms with van der Waals surface area (Å²) in [5.74, 6) is -0.193. The van der Waals surface area contributed by atoms with Crippen molar-refractivity contribution in [3.8, 4) is 0 Å². The van der Waals surface area contributed by atoms with Gasteiger partial charge >= 0.3 is 0 Å². The first-order valence-corrected chi connectivity index (χ1v) is 33.0. The third-order valence-electron chi connectivity index (χ3n) is 15.1. The van der Waals surface area contributed by atoms with Crippen molar-refractivity contribution in [1.29, 1.82) is 0 Å². The van der Waals surface area contributed by atoms with E-state index in [0.29, 0.717) is 6.42 Å². The smallest absolute Gasteiger partial charge is 0.220 e. The van der Waals surface area contributed by atoms with Crippen LogP contribution in [0.15, 0.2) is 97.2 Å². The number of aliphatic hydroxyl groups excluding tert-OH is 5. The number of carbonyl (C=O) groups is 1. The van der Waals surface area contributed by atoms with E-state index in [1.165, 1.54) is 186 Å². The Hall–Kier alpha value is -2.89. The van der Waals surface area contributed by atoms with Crippen LogP contribution in [0.5, 0.6) is 0 Å². The van der Waals surface area contributed by atoms with Crippen LogP contribution in [0.1, 0.15) is 284 Å². The number of allylic oxidation sites excluding steroid dienone is 15. The van der Waals surface area contributed by atoms with Crippen molar-refractivity contribution < 1.29 is 39.8 Å². The highest BCUT2D eigenvalue weighted by Crippen LogP contribution is 2.23. The van der Waals surface area contributed by atoms with Gasteiger partial charge in [0.2, 0.25) is 5.91 Å². The van der Waals surface area contributed by atoms with Gasteiger partial charge in [0.15, 0.2) is 6.29 Å². The number of hydrogen-bond acceptors (Lipinski definition) is 8. The quantitative estimate of drug-likeness (QED) is 0.0261. The van der Waals surface area contributed by atoms with Crippen molar-refractivity contribution >= 4 is 5.91 Å². The maximum absolute atomic E-state index is 13.1. The normalized spacial score (nSPS) is 19.2. The Morgan fingerprint density at radius 3 is 1.22 bits per heavy atom. The molecule has 0 saturated carbocycles. The van der Waals surface area contributed by atoms with Gasteiger partial charge in [0.25, 0.3) is 0 Å². The van der Waals surface area contributed by atoms with Crippen molar-refractivity contribution in [2.75, 3.05) is 13.2 Å². The maximum atomic E-state index is 13.1. The van der Waals surface area contributed by atoms with Gasteiger partial charge < -0.3 is 40.3 Å². The Labute approximate surface area is 485 Å². The minimum absolute atomic E-state index is 0.193. The third kappa shape index (κ3) is 47.3. The average Bonchev–Trinajstić information content (AvgIpc) is 3.47. The summed E-state index contributed by atoms with van der Waals surface area (Å²) in [5, 5.41) is 54.7. The zero-order chi connectivity index (χ0) is 57.2. The van der Waals surface area contributed by atoms with E-state index >= 15 is 0 Å². The minimum atomic E-state index is -1.58. The molecule has 0 spiro atoms. The second kappa shape index (κ2) is 58.3. The summed E-state index contributed by atoms with van der Waals surface area (Å²) in [6, 6.07) is -0.836. The minimum Gasteiger partial charge on any atom is -0.394 e. The van der Waals surface area contributed by atoms with Crippen molar-refractivity contribution in [2.24, 2.45) is 0 Å². The van der Waals surface area contributed by atoms with Crippen molar-refractivity contribution in [3.05, 3.63) is 97.2 Å². The molecule has 0 radical (unpaired) electrons. The van der Waals surface area contributed by atoms with Gasteiger partial charge in [-0.15, -0.1) is 0 Å². The van der Waals surface area contributed by atoms with Crippen LogP contribution in [-0.2, 0) is 14.3 Å². The van der Waals surface area contributed by atoms with Crippen LogP contribution in [-0.4, -0.2) is 87.5 Å². The molecule has 0 aromatic rings. The number of ether oxygens (including phenoxy) is 2. The van der Waals surface area contributed by atoms with Crippen molar-refractivity contribution in [1.82, 2.24) is 5.32 Å². The highest BCUT2D eigenvalue weighted by atomic mass is 16.7. The highest BCUT2D eigenvalue weighted by Gasteiger charge is 2.44. The number of unbranched alkanes of at least 4 members (excludes halogenated alkanes) is 32. The highest BCUT2D eigenvalue weighted by molar-refractivity contribution is 5.76. The van der Waals surface area contributed by atoms with Crippen molar-refractivity contribution in [3.63, 3.8) is 0 Å². The summed E-state index contributed by atoms with van der Waals surface area (Å²) in [5.41, 5.74) is 0. The van der Waals surface area contributed by atoms with Crippen LogP contribution in [0.2, 0.25) is 0 Å². The molecule has 9 heteroatoms. The lowest BCUT2D eigenvalue weighted by atomic mass is 9.99. The van der Waals surface area contributed by atoms with Crippen LogP contribution in [0.3, 0.4) is 0 Å². The summed E-state index contributed by atoms with van der Waals surface area (Å²) in [6.07, 6.45) is 77.8. The van der Waals surface area contributed by atoms with Crippen LogP contribution in [0.4, 0.5) is 0 Å². The fourth-order valence-electron chi connectivity index (χ4n) is 9.98. The zero-order valence-electron chi connectivity index (χ0n) is 50.9. The van der Waals surface area contributed by atoms with Gasteiger partial charge in [0, 0.05) is 6.42 Å². The summed E-state index contributed by atoms with van der Waals surface area (Å²) in [4.78, 5) is 13.1. The molecule has 1 saturated heterocycles. The summed E-state index contributed by atoms with van der Waals surface area (Å²) < 4.78 is 11.3. The summed E-state index contributed by atoms with van der Waals surface area (Å²) >= 11 is 0. The van der Waals surface area contributed by atoms with Gasteiger partial charge in [-0.25, -0.2) is 0 Å². The molecule has 1 heterocycles. The first kappa shape index (κ1) is 74.1. The molecule has 0 aliphatic carbocycles. The van der Waals surface area contributed by atoms with E-state index in [2.05, 4.69) is 104 Å². The maximum Gasteiger partial charge on any atom is 0.220 e. The van der Waals surface area contributed by atoms with E-state index < -0.39 is 49.5 Å². The molecule has 6 N–H and O–H groups in total. The summed E-state index contributed by atoms with van der Waals surface area (Å²) in [7, 11) is 0. The predicted octanol–water partition coefficient (Wildman–Crippen LogP) is 17.5. The van der Waals surface area contributed by atoms with Crippen LogP contribution < -0.4 is 5.32 Å². The average molecular weight is 1110 g/mol. The number of aliphatic hydroxyl groups is 5. The number of carbonyl (C=O) groups excluding carboxylic acids is 1. The Morgan fingerprint density at radius 2 is 0.797 bits per heavy atom. The molecule has 7 atom stereocenters. The third-order valence-corrected chi connectivity index (χ3v) is 15.1. The number of hydrogen-bond donors (Lipinski definition) is 6. The van der Waals surface area contributed by atoms with E-state index in [1.807, 2.05) is 6.08 Å². The van der Waals surface area contributed by atoms with Crippen LogP contribution in [0.25, 0.3) is 0 Å². The molecule has 1 fully saturated rings. The second-order valence-electron chi connectivity index (χ2n) is 22.5. The fourth-order valence-corrected chi connectivity index (χ4v) is 9.98. The topological polar surface area (TPSA) is 149 Å². The molecule has 0 bridgehead atoms. The molecule has 1 rings (SSSR count). The molecule has 79 heavy (non-hydrogen) atoms. The van der Waals surface area contributed by atoms with Crippen LogP contribution >= 0.6 is 0 Å². The fraction of sp³-hybridized carbons (Fsp3) is 0.757. The van der Waals surface area contributed by atoms with E-state index in [1.54, 1.807) is 6.08 Å². The Morgan fingerprint density at radius 1 is 0.443 bits per heavy atom. The standard InChI is InChI=1S/C70H123NO8/c1-3-5-7-9-11-13-15-17-19-21-23-25-27-29-31-32-34-36-38-40-42-44-46-48-50-52-54-56-58-60-66(74)71-63(62-78-70-69(77)68(76)67(75)65(61-72)79-70)64(73)59-57-55-53-51-49-47-45-43-41-39-37-35-33-30-28-26-24-22-20-18-16-14-12-10-8-6-4-2/h5,7,11,13,17,19,23,25,29,31,41,43,49,51,57,59,63-65,67-70,72-73,75-77H,3-4,6,8-10,12,14-16,18,20-22,24,26-28,30,32-40,42,44-48,50,52-56,58,60-62H2,1-2H3,(H,71,74)/b7-5-,13-11-,19-17-,25-23-,31-29-,43-41+,51-49+,59-57+. The van der Waals surface area contributed by atoms with E-state index in [0.717, 1.165) is 77.0 Å². The second-order valence-corrected chi connectivity index (χ2v) is 22.5. The molecule has 1 aliphatic heterocycles. The molecular weight excluding hydrogens is 983 g/mol. The lowest BCUT2D eigenvalue weighted by Gasteiger charge is -2.40. The molecule has 0 aromatic heterocycles. The van der Waals surface area contributed by atoms with Gasteiger partial charge in [-0.1, -0.05) is 284 Å². The first-order chi connectivity index (χ1) is 38.8. The van der Waals surface area contributed by atoms with E-state index in [9.17, 15) is 30.3 Å². The Kier molecular flexibility index (Phi) is 54.7. The monoisotopic (exact) mass is 1110 g/mol. The van der Waals surface area contributed by atoms with Gasteiger partial charge in [-0.2, -0.15) is 0 Å². The Balaban J connectivity index is 2.21. The largest absolute Gasteiger partial charge is 0.394 e. The first-order valence-electron chi connectivity index (χ1n) is 33.0. The lowest BCUT2D eigenvalue weighted by molar-refractivity contribution is -0.302. The molecule has 456 valence electrons. The molecule has 9 nitrogen and oxygen atoms in total. The summed E-state index contributed by atoms with van der Waals surface area (Å²) in [6.45, 7) is 3.67. The van der Waals surface area contributed by atoms with Gasteiger partial charge in [0.05, 0.1) is 25.4 Å². The molecular formula is C70H123NO8. The number of nitrogens with one attached hydrogen (secondary N) is 1.